The van der Waals surface area contributed by atoms with Gasteiger partial charge in [0.1, 0.15) is 5.82 Å². The van der Waals surface area contributed by atoms with Gasteiger partial charge >= 0.3 is 0 Å². The molecule has 1 N–H and O–H groups in total. The molecule has 1 aliphatic heterocycles. The lowest BCUT2D eigenvalue weighted by Crippen LogP contribution is -2.45. The van der Waals surface area contributed by atoms with E-state index in [0.717, 1.165) is 0 Å². The lowest BCUT2D eigenvalue weighted by Gasteiger charge is -2.43. The first-order chi connectivity index (χ1) is 9.81. The number of hydrogen-bond acceptors (Lipinski definition) is 1. The summed E-state index contributed by atoms with van der Waals surface area (Å²) in [6.07, 6.45) is -0.525. The summed E-state index contributed by atoms with van der Waals surface area (Å²) in [5.74, 6) is -3.84. The van der Waals surface area contributed by atoms with E-state index in [9.17, 15) is 18.0 Å². The van der Waals surface area contributed by atoms with Crippen molar-refractivity contribution in [3.8, 4) is 0 Å². The summed E-state index contributed by atoms with van der Waals surface area (Å²) in [6, 6.07) is 4.67. The molecule has 0 aromatic heterocycles. The Hall–Kier alpha value is -1.56. The zero-order valence-corrected chi connectivity index (χ0v) is 11.4. The minimum absolute atomic E-state index is 0.160. The molecule has 1 saturated carbocycles. The molecule has 0 radical (unpaired) electrons. The number of nitrogens with zero attached hydrogens (tertiary/aromatic N) is 1. The van der Waals surface area contributed by atoms with Crippen LogP contribution in [0.5, 0.6) is 0 Å². The van der Waals surface area contributed by atoms with E-state index in [-0.39, 0.29) is 6.42 Å². The van der Waals surface area contributed by atoms with Gasteiger partial charge in [-0.15, -0.1) is 6.04 Å². The van der Waals surface area contributed by atoms with E-state index in [2.05, 4.69) is 0 Å². The maximum Gasteiger partial charge on any atom is 0.247 e. The van der Waals surface area contributed by atoms with Gasteiger partial charge in [-0.2, -0.15) is 0 Å². The van der Waals surface area contributed by atoms with Crippen LogP contribution < -0.4 is 4.90 Å². The number of amides is 1. The number of anilines is 1. The Morgan fingerprint density at radius 1 is 1.29 bits per heavy atom. The predicted octanol–water partition coefficient (Wildman–Crippen LogP) is 3.79. The van der Waals surface area contributed by atoms with Gasteiger partial charge in [0, 0.05) is 18.7 Å². The first-order valence-electron chi connectivity index (χ1n) is 6.98. The molecule has 0 unspecified atom stereocenters. The number of hydrogen-bond donors (Lipinski definition) is 0. The average molecular weight is 297 g/mol. The molecule has 21 heavy (non-hydrogen) atoms. The predicted molar refractivity (Wildman–Crippen MR) is 72.7 cm³/mol. The third-order valence-corrected chi connectivity index (χ3v) is 4.41. The average Bonchev–Trinajstić information content (AvgIpc) is 2.64. The molecule has 1 aromatic rings. The number of rotatable bonds is 1. The van der Waals surface area contributed by atoms with Crippen molar-refractivity contribution in [2.75, 3.05) is 11.4 Å². The van der Waals surface area contributed by atoms with Gasteiger partial charge in [0.05, 0.1) is 5.41 Å². The summed E-state index contributed by atoms with van der Waals surface area (Å²) in [5, 5.41) is 0. The van der Waals surface area contributed by atoms with Crippen LogP contribution in [0.2, 0.25) is 0 Å². The van der Waals surface area contributed by atoms with E-state index in [1.54, 1.807) is 6.07 Å². The summed E-state index contributed by atoms with van der Waals surface area (Å²) >= 11 is 0. The summed E-state index contributed by atoms with van der Waals surface area (Å²) in [6.45, 7) is 0.297. The third-order valence-electron chi connectivity index (χ3n) is 4.41. The monoisotopic (exact) mass is 297 g/mol. The normalized spacial score (nSPS) is 31.9. The second kappa shape index (κ2) is 4.73. The van der Waals surface area contributed by atoms with E-state index in [1.807, 2.05) is 0 Å². The third kappa shape index (κ3) is 2.52. The molecule has 114 valence electrons. The fraction of sp³-hybridized carbons (Fsp3) is 0.533. The van der Waals surface area contributed by atoms with Crippen LogP contribution in [0.1, 0.15) is 25.7 Å². The summed E-state index contributed by atoms with van der Waals surface area (Å²) in [7, 11) is 0. The maximum absolute atomic E-state index is 13.8. The van der Waals surface area contributed by atoms with Crippen LogP contribution in [0.4, 0.5) is 18.9 Å². The summed E-state index contributed by atoms with van der Waals surface area (Å²) in [4.78, 5) is 14.0. The molecule has 1 aliphatic carbocycles. The van der Waals surface area contributed by atoms with Crippen molar-refractivity contribution in [2.24, 2.45) is 5.41 Å². The largest absolute Gasteiger partial charge is 0.674 e. The highest BCUT2D eigenvalue weighted by Crippen LogP contribution is 2.51. The minimum atomic E-state index is -2.97. The highest BCUT2D eigenvalue weighted by molar-refractivity contribution is 6.00. The van der Waals surface area contributed by atoms with E-state index in [0.29, 0.717) is 18.7 Å². The van der Waals surface area contributed by atoms with E-state index in [1.165, 1.54) is 23.1 Å². The molecule has 0 bridgehead atoms. The topological polar surface area (TPSA) is 44.1 Å². The molecule has 2 aliphatic rings. The van der Waals surface area contributed by atoms with Crippen molar-refractivity contribution in [1.29, 1.82) is 0 Å². The maximum atomic E-state index is 13.8. The van der Waals surface area contributed by atoms with Crippen LogP contribution in [0.25, 0.3) is 5.73 Å². The molecule has 1 saturated heterocycles. The van der Waals surface area contributed by atoms with Crippen molar-refractivity contribution < 1.29 is 18.0 Å². The van der Waals surface area contributed by atoms with Crippen molar-refractivity contribution in [1.82, 2.24) is 0 Å². The number of alkyl halides is 2. The standard InChI is InChI=1S/C15H16F3N2O/c16-10-2-1-3-12(6-10)20-5-4-14(13(20)21)7-11(19)8-15(17,18)9-14/h1-3,6,11,19H,4-5,7-9H2/q-1/t11-,14+/m1/s1. The number of benzene rings is 1. The van der Waals surface area contributed by atoms with Gasteiger partial charge in [-0.25, -0.2) is 13.2 Å². The molecule has 3 nitrogen and oxygen atoms in total. The quantitative estimate of drug-likeness (QED) is 0.777. The molecular formula is C15H16F3N2O-. The van der Waals surface area contributed by atoms with Gasteiger partial charge in [-0.3, -0.25) is 4.79 Å². The molecule has 3 rings (SSSR count). The Kier molecular flexibility index (Phi) is 3.24. The smallest absolute Gasteiger partial charge is 0.247 e. The number of carbonyl (C=O) groups excluding carboxylic acids is 1. The van der Waals surface area contributed by atoms with Crippen molar-refractivity contribution in [2.45, 2.75) is 37.6 Å². The van der Waals surface area contributed by atoms with Gasteiger partial charge < -0.3 is 10.6 Å². The number of halogens is 3. The van der Waals surface area contributed by atoms with Crippen molar-refractivity contribution in [3.63, 3.8) is 0 Å². The first-order valence-corrected chi connectivity index (χ1v) is 6.98. The number of nitrogens with one attached hydrogen (secondary N) is 1. The van der Waals surface area contributed by atoms with Crippen LogP contribution in [-0.4, -0.2) is 24.4 Å². The molecule has 2 atom stereocenters. The Morgan fingerprint density at radius 3 is 2.71 bits per heavy atom. The van der Waals surface area contributed by atoms with E-state index < -0.39 is 41.9 Å². The minimum Gasteiger partial charge on any atom is -0.674 e. The second-order valence-corrected chi connectivity index (χ2v) is 6.10. The SMILES string of the molecule is [NH-][C@H]1CC(F)(F)C[C@]2(CCN(c3cccc(F)c3)C2=O)C1. The molecule has 1 heterocycles. The fourth-order valence-corrected chi connectivity index (χ4v) is 3.61. The molecule has 1 amide bonds. The van der Waals surface area contributed by atoms with Gasteiger partial charge in [-0.1, -0.05) is 12.5 Å². The van der Waals surface area contributed by atoms with Crippen LogP contribution >= 0.6 is 0 Å². The Morgan fingerprint density at radius 2 is 2.05 bits per heavy atom. The van der Waals surface area contributed by atoms with Gasteiger partial charge in [-0.05, 0) is 31.0 Å². The van der Waals surface area contributed by atoms with Crippen LogP contribution in [0, 0.1) is 11.2 Å². The lowest BCUT2D eigenvalue weighted by atomic mass is 9.69. The Bertz CT molecular complexity index is 578. The Labute approximate surface area is 120 Å². The van der Waals surface area contributed by atoms with Gasteiger partial charge in [0.15, 0.2) is 0 Å². The van der Waals surface area contributed by atoms with E-state index >= 15 is 0 Å². The zero-order chi connectivity index (χ0) is 15.3. The molecule has 1 aromatic carbocycles. The van der Waals surface area contributed by atoms with Crippen LogP contribution in [-0.2, 0) is 4.79 Å². The molecule has 6 heteroatoms. The Balaban J connectivity index is 1.89. The molecule has 2 fully saturated rings. The lowest BCUT2D eigenvalue weighted by molar-refractivity contribution is -0.138. The van der Waals surface area contributed by atoms with Crippen LogP contribution in [0.15, 0.2) is 24.3 Å². The van der Waals surface area contributed by atoms with Crippen molar-refractivity contribution >= 4 is 11.6 Å². The zero-order valence-electron chi connectivity index (χ0n) is 11.4. The molecular weight excluding hydrogens is 281 g/mol. The summed E-state index contributed by atoms with van der Waals surface area (Å²) in [5.41, 5.74) is 6.93. The van der Waals surface area contributed by atoms with Crippen LogP contribution in [0.3, 0.4) is 0 Å². The van der Waals surface area contributed by atoms with E-state index in [4.69, 9.17) is 5.73 Å². The first kappa shape index (κ1) is 14.4. The van der Waals surface area contributed by atoms with Gasteiger partial charge in [0.25, 0.3) is 0 Å². The summed E-state index contributed by atoms with van der Waals surface area (Å²) < 4.78 is 40.8. The van der Waals surface area contributed by atoms with Crippen molar-refractivity contribution in [3.05, 3.63) is 35.8 Å². The van der Waals surface area contributed by atoms with Gasteiger partial charge in [0.2, 0.25) is 11.8 Å². The fourth-order valence-electron chi connectivity index (χ4n) is 3.61. The molecule has 1 spiro atoms. The highest BCUT2D eigenvalue weighted by Gasteiger charge is 2.55. The number of carbonyl (C=O) groups is 1. The highest BCUT2D eigenvalue weighted by atomic mass is 19.3. The second-order valence-electron chi connectivity index (χ2n) is 6.10.